The Kier molecular flexibility index (Phi) is 5.85. The van der Waals surface area contributed by atoms with Crippen LogP contribution in [0.1, 0.15) is 11.6 Å². The number of nitrogens with zero attached hydrogens (tertiary/aromatic N) is 3. The number of carbonyl (C=O) groups is 1. The van der Waals surface area contributed by atoms with E-state index in [1.807, 2.05) is 18.2 Å². The predicted molar refractivity (Wildman–Crippen MR) is 113 cm³/mol. The number of benzene rings is 2. The molecule has 2 aromatic rings. The molecule has 0 spiro atoms. The highest BCUT2D eigenvalue weighted by molar-refractivity contribution is 6.35. The molecular formula is C20H22Cl2N4O3. The van der Waals surface area contributed by atoms with Gasteiger partial charge in [-0.2, -0.15) is 0 Å². The fourth-order valence-electron chi connectivity index (χ4n) is 3.61. The number of likely N-dealkylation sites (N-methyl/N-ethyl adjacent to an activating group) is 1. The van der Waals surface area contributed by atoms with Crippen LogP contribution >= 0.6 is 23.2 Å². The van der Waals surface area contributed by atoms with E-state index in [1.165, 1.54) is 0 Å². The lowest BCUT2D eigenvalue weighted by atomic mass is 10.0. The van der Waals surface area contributed by atoms with Crippen molar-refractivity contribution in [3.05, 3.63) is 52.0 Å². The summed E-state index contributed by atoms with van der Waals surface area (Å²) in [6.07, 6.45) is 0. The Morgan fingerprint density at radius 2 is 1.69 bits per heavy atom. The highest BCUT2D eigenvalue weighted by Crippen LogP contribution is 2.37. The van der Waals surface area contributed by atoms with Gasteiger partial charge in [0.1, 0.15) is 6.04 Å². The fourth-order valence-corrected chi connectivity index (χ4v) is 4.12. The molecule has 0 bridgehead atoms. The molecule has 2 aliphatic rings. The number of rotatable bonds is 4. The second-order valence-electron chi connectivity index (χ2n) is 7.19. The molecule has 9 heteroatoms. The largest absolute Gasteiger partial charge is 0.454 e. The van der Waals surface area contributed by atoms with Crippen molar-refractivity contribution < 1.29 is 14.3 Å². The molecule has 2 heterocycles. The summed E-state index contributed by atoms with van der Waals surface area (Å²) in [4.78, 5) is 17.9. The number of fused-ring (bicyclic) bond motifs is 1. The number of piperazine rings is 1. The van der Waals surface area contributed by atoms with Crippen molar-refractivity contribution in [1.82, 2.24) is 9.80 Å². The lowest BCUT2D eigenvalue weighted by Gasteiger charge is -2.38. The summed E-state index contributed by atoms with van der Waals surface area (Å²) >= 11 is 12.2. The van der Waals surface area contributed by atoms with Crippen molar-refractivity contribution in [2.75, 3.05) is 45.0 Å². The normalized spacial score (nSPS) is 17.9. The second kappa shape index (κ2) is 8.38. The molecule has 2 N–H and O–H groups in total. The number of carbonyl (C=O) groups excluding carboxylic acids is 1. The first-order chi connectivity index (χ1) is 13.9. The first-order valence-corrected chi connectivity index (χ1v) is 10.0. The maximum Gasteiger partial charge on any atom is 0.263 e. The monoisotopic (exact) mass is 436 g/mol. The van der Waals surface area contributed by atoms with Crippen LogP contribution in [-0.2, 0) is 4.79 Å². The van der Waals surface area contributed by atoms with Crippen molar-refractivity contribution in [1.29, 1.82) is 0 Å². The lowest BCUT2D eigenvalue weighted by molar-refractivity contribution is -0.124. The zero-order chi connectivity index (χ0) is 20.5. The van der Waals surface area contributed by atoms with E-state index in [9.17, 15) is 4.79 Å². The van der Waals surface area contributed by atoms with E-state index in [4.69, 9.17) is 38.5 Å². The lowest BCUT2D eigenvalue weighted by Crippen LogP contribution is -2.52. The van der Waals surface area contributed by atoms with Crippen molar-refractivity contribution in [2.45, 2.75) is 6.04 Å². The number of hydrazine groups is 1. The van der Waals surface area contributed by atoms with Gasteiger partial charge in [-0.25, -0.2) is 10.9 Å². The Hall–Kier alpha value is -2.03. The van der Waals surface area contributed by atoms with E-state index < -0.39 is 6.04 Å². The first-order valence-electron chi connectivity index (χ1n) is 9.29. The molecule has 29 heavy (non-hydrogen) atoms. The van der Waals surface area contributed by atoms with Gasteiger partial charge in [0, 0.05) is 36.2 Å². The van der Waals surface area contributed by atoms with Crippen molar-refractivity contribution in [2.24, 2.45) is 5.84 Å². The quantitative estimate of drug-likeness (QED) is 0.451. The van der Waals surface area contributed by atoms with Crippen molar-refractivity contribution >= 4 is 34.8 Å². The van der Waals surface area contributed by atoms with E-state index in [2.05, 4.69) is 16.8 Å². The predicted octanol–water partition coefficient (Wildman–Crippen LogP) is 2.92. The van der Waals surface area contributed by atoms with Crippen LogP contribution in [0.3, 0.4) is 0 Å². The zero-order valence-electron chi connectivity index (χ0n) is 16.0. The Morgan fingerprint density at radius 1 is 1.03 bits per heavy atom. The van der Waals surface area contributed by atoms with Gasteiger partial charge in [-0.1, -0.05) is 29.3 Å². The number of hydrogen-bond acceptors (Lipinski definition) is 6. The first kappa shape index (κ1) is 20.3. The Morgan fingerprint density at radius 3 is 2.38 bits per heavy atom. The van der Waals surface area contributed by atoms with E-state index in [-0.39, 0.29) is 12.7 Å². The van der Waals surface area contributed by atoms with Gasteiger partial charge in [0.05, 0.1) is 5.69 Å². The summed E-state index contributed by atoms with van der Waals surface area (Å²) in [6.45, 7) is 3.39. The Labute approximate surface area is 179 Å². The Balaban J connectivity index is 1.68. The number of nitrogens with two attached hydrogens (primary N) is 1. The van der Waals surface area contributed by atoms with Crippen LogP contribution in [0.4, 0.5) is 5.69 Å². The summed E-state index contributed by atoms with van der Waals surface area (Å²) in [5, 5.41) is 1.94. The molecule has 2 aromatic carbocycles. The number of hydrogen-bond donors (Lipinski definition) is 1. The third-order valence-electron chi connectivity index (χ3n) is 5.21. The van der Waals surface area contributed by atoms with Gasteiger partial charge < -0.3 is 14.4 Å². The third kappa shape index (κ3) is 4.29. The molecule has 154 valence electrons. The maximum atomic E-state index is 13.5. The summed E-state index contributed by atoms with van der Waals surface area (Å²) in [6, 6.07) is 9.82. The van der Waals surface area contributed by atoms with E-state index >= 15 is 0 Å². The summed E-state index contributed by atoms with van der Waals surface area (Å²) in [5.74, 6) is 7.26. The minimum atomic E-state index is -0.569. The summed E-state index contributed by atoms with van der Waals surface area (Å²) < 4.78 is 10.9. The van der Waals surface area contributed by atoms with Gasteiger partial charge in [0.2, 0.25) is 6.79 Å². The number of halogens is 2. The Bertz CT molecular complexity index is 898. The molecule has 1 saturated heterocycles. The summed E-state index contributed by atoms with van der Waals surface area (Å²) in [5.41, 5.74) is 1.24. The van der Waals surface area contributed by atoms with Crippen LogP contribution in [0.5, 0.6) is 11.5 Å². The average Bonchev–Trinajstić information content (AvgIpc) is 3.16. The molecule has 0 aliphatic carbocycles. The molecule has 0 saturated carbocycles. The van der Waals surface area contributed by atoms with Crippen LogP contribution < -0.4 is 20.3 Å². The highest BCUT2D eigenvalue weighted by Gasteiger charge is 2.34. The van der Waals surface area contributed by atoms with Crippen molar-refractivity contribution in [3.8, 4) is 11.5 Å². The molecule has 2 aliphatic heterocycles. The van der Waals surface area contributed by atoms with Gasteiger partial charge in [-0.05, 0) is 42.9 Å². The number of anilines is 1. The fraction of sp³-hybridized carbons (Fsp3) is 0.350. The minimum Gasteiger partial charge on any atom is -0.454 e. The standard InChI is InChI=1S/C20H22Cl2N4O3/c1-24-4-6-25(7-5-24)19(13-2-3-17-18(8-13)29-12-28-17)20(27)26(23)16-10-14(21)9-15(22)11-16/h2-3,8-11,19H,4-7,12,23H2,1H3. The molecule has 0 radical (unpaired) electrons. The van der Waals surface area contributed by atoms with Crippen LogP contribution in [0.15, 0.2) is 36.4 Å². The maximum absolute atomic E-state index is 13.5. The van der Waals surface area contributed by atoms with Crippen LogP contribution in [-0.4, -0.2) is 55.7 Å². The zero-order valence-corrected chi connectivity index (χ0v) is 17.5. The van der Waals surface area contributed by atoms with E-state index in [0.29, 0.717) is 27.2 Å². The molecule has 4 rings (SSSR count). The smallest absolute Gasteiger partial charge is 0.263 e. The van der Waals surface area contributed by atoms with Gasteiger partial charge in [-0.3, -0.25) is 9.69 Å². The van der Waals surface area contributed by atoms with Gasteiger partial charge in [0.25, 0.3) is 5.91 Å². The van der Waals surface area contributed by atoms with Crippen LogP contribution in [0.25, 0.3) is 0 Å². The molecule has 1 amide bonds. The molecule has 7 nitrogen and oxygen atoms in total. The molecular weight excluding hydrogens is 415 g/mol. The molecule has 1 fully saturated rings. The number of amides is 1. The van der Waals surface area contributed by atoms with E-state index in [0.717, 1.165) is 36.8 Å². The topological polar surface area (TPSA) is 71.3 Å². The van der Waals surface area contributed by atoms with Crippen LogP contribution in [0, 0.1) is 0 Å². The van der Waals surface area contributed by atoms with Gasteiger partial charge in [0.15, 0.2) is 11.5 Å². The molecule has 1 atom stereocenters. The van der Waals surface area contributed by atoms with Crippen LogP contribution in [0.2, 0.25) is 10.0 Å². The minimum absolute atomic E-state index is 0.177. The number of ether oxygens (including phenoxy) is 2. The second-order valence-corrected chi connectivity index (χ2v) is 8.06. The van der Waals surface area contributed by atoms with Crippen molar-refractivity contribution in [3.63, 3.8) is 0 Å². The molecule has 0 aromatic heterocycles. The molecule has 1 unspecified atom stereocenters. The summed E-state index contributed by atoms with van der Waals surface area (Å²) in [7, 11) is 2.07. The third-order valence-corrected chi connectivity index (χ3v) is 5.65. The van der Waals surface area contributed by atoms with E-state index in [1.54, 1.807) is 18.2 Å². The SMILES string of the molecule is CN1CCN(C(C(=O)N(N)c2cc(Cl)cc(Cl)c2)c2ccc3c(c2)OCO3)CC1. The highest BCUT2D eigenvalue weighted by atomic mass is 35.5. The van der Waals surface area contributed by atoms with Gasteiger partial charge >= 0.3 is 0 Å². The average molecular weight is 437 g/mol. The van der Waals surface area contributed by atoms with Gasteiger partial charge in [-0.15, -0.1) is 0 Å².